The van der Waals surface area contributed by atoms with Gasteiger partial charge in [-0.05, 0) is 22.9 Å². The first-order valence-corrected chi connectivity index (χ1v) is 3.47. The van der Waals surface area contributed by atoms with E-state index in [0.717, 1.165) is 0 Å². The van der Waals surface area contributed by atoms with Crippen LogP contribution < -0.4 is 0 Å². The van der Waals surface area contributed by atoms with E-state index < -0.39 is 0 Å². The second-order valence-electron chi connectivity index (χ2n) is 2.24. The Hall–Kier alpha value is -0.563. The SMILES string of the molecule is CCCc1ccccc1.[SiH4]. The lowest BCUT2D eigenvalue weighted by atomic mass is 10.1. The molecule has 1 aromatic carbocycles. The summed E-state index contributed by atoms with van der Waals surface area (Å²) in [6.45, 7) is 2.20. The van der Waals surface area contributed by atoms with Gasteiger partial charge in [0.15, 0.2) is 0 Å². The van der Waals surface area contributed by atoms with Crippen molar-refractivity contribution in [2.45, 2.75) is 19.8 Å². The van der Waals surface area contributed by atoms with Gasteiger partial charge < -0.3 is 0 Å². The Morgan fingerprint density at radius 2 is 1.70 bits per heavy atom. The molecule has 0 amide bonds. The molecular weight excluding hydrogens is 136 g/mol. The van der Waals surface area contributed by atoms with Crippen LogP contribution >= 0.6 is 0 Å². The molecule has 0 saturated carbocycles. The van der Waals surface area contributed by atoms with Gasteiger partial charge in [0.05, 0.1) is 0 Å². The van der Waals surface area contributed by atoms with E-state index in [-0.39, 0.29) is 11.0 Å². The van der Waals surface area contributed by atoms with Crippen molar-refractivity contribution in [1.29, 1.82) is 0 Å². The Bertz CT molecular complexity index is 158. The predicted octanol–water partition coefficient (Wildman–Crippen LogP) is 1.19. The molecule has 0 aliphatic heterocycles. The Labute approximate surface area is 67.3 Å². The third-order valence-corrected chi connectivity index (χ3v) is 1.38. The minimum Gasteiger partial charge on any atom is -0.0651 e. The first-order chi connectivity index (χ1) is 4.43. The molecule has 0 bridgehead atoms. The average Bonchev–Trinajstić information content (AvgIpc) is 1.91. The zero-order chi connectivity index (χ0) is 6.53. The molecule has 0 aliphatic rings. The maximum absolute atomic E-state index is 2.20. The summed E-state index contributed by atoms with van der Waals surface area (Å²) < 4.78 is 0. The van der Waals surface area contributed by atoms with Crippen LogP contribution in [0.25, 0.3) is 0 Å². The predicted molar refractivity (Wildman–Crippen MR) is 51.8 cm³/mol. The van der Waals surface area contributed by atoms with Crippen molar-refractivity contribution in [3.63, 3.8) is 0 Å². The lowest BCUT2D eigenvalue weighted by Crippen LogP contribution is -1.78. The fraction of sp³-hybridized carbons (Fsp3) is 0.333. The fourth-order valence-electron chi connectivity index (χ4n) is 0.933. The van der Waals surface area contributed by atoms with E-state index >= 15 is 0 Å². The van der Waals surface area contributed by atoms with E-state index in [0.29, 0.717) is 0 Å². The van der Waals surface area contributed by atoms with Crippen LogP contribution in [0.5, 0.6) is 0 Å². The highest BCUT2D eigenvalue weighted by Gasteiger charge is 1.84. The minimum absolute atomic E-state index is 0. The highest BCUT2D eigenvalue weighted by Crippen LogP contribution is 2.00. The highest BCUT2D eigenvalue weighted by molar-refractivity contribution is 5.75. The van der Waals surface area contributed by atoms with Crippen LogP contribution in [-0.4, -0.2) is 11.0 Å². The summed E-state index contributed by atoms with van der Waals surface area (Å²) in [6, 6.07) is 10.6. The van der Waals surface area contributed by atoms with Gasteiger partial charge in [0.1, 0.15) is 0 Å². The Morgan fingerprint density at radius 3 is 2.20 bits per heavy atom. The number of hydrogen-bond donors (Lipinski definition) is 0. The monoisotopic (exact) mass is 152 g/mol. The zero-order valence-electron chi connectivity index (χ0n) is 5.80. The third-order valence-electron chi connectivity index (χ3n) is 1.38. The van der Waals surface area contributed by atoms with Crippen molar-refractivity contribution in [1.82, 2.24) is 0 Å². The number of rotatable bonds is 2. The second-order valence-corrected chi connectivity index (χ2v) is 2.24. The fourth-order valence-corrected chi connectivity index (χ4v) is 0.933. The van der Waals surface area contributed by atoms with Gasteiger partial charge >= 0.3 is 0 Å². The summed E-state index contributed by atoms with van der Waals surface area (Å²) in [6.07, 6.45) is 2.45. The zero-order valence-corrected chi connectivity index (χ0v) is 5.80. The number of aryl methyl sites for hydroxylation is 1. The highest BCUT2D eigenvalue weighted by atomic mass is 28.1. The minimum atomic E-state index is 0. The molecule has 0 spiro atoms. The van der Waals surface area contributed by atoms with Crippen LogP contribution in [-0.2, 0) is 6.42 Å². The van der Waals surface area contributed by atoms with Crippen LogP contribution in [0.2, 0.25) is 0 Å². The molecule has 0 nitrogen and oxygen atoms in total. The average molecular weight is 152 g/mol. The quantitative estimate of drug-likeness (QED) is 0.558. The maximum Gasteiger partial charge on any atom is -0.0149 e. The lowest BCUT2D eigenvalue weighted by Gasteiger charge is -1.93. The maximum atomic E-state index is 2.20. The van der Waals surface area contributed by atoms with Gasteiger partial charge in [-0.25, -0.2) is 0 Å². The topological polar surface area (TPSA) is 0 Å². The Balaban J connectivity index is 0.000000810. The van der Waals surface area contributed by atoms with Crippen molar-refractivity contribution >= 4 is 11.0 Å². The van der Waals surface area contributed by atoms with Gasteiger partial charge in [-0.15, -0.1) is 0 Å². The van der Waals surface area contributed by atoms with E-state index in [1.807, 2.05) is 0 Å². The van der Waals surface area contributed by atoms with Gasteiger partial charge in [-0.2, -0.15) is 0 Å². The Kier molecular flexibility index (Phi) is 4.94. The molecule has 0 heterocycles. The number of benzene rings is 1. The van der Waals surface area contributed by atoms with Gasteiger partial charge in [0.25, 0.3) is 0 Å². The molecule has 0 aliphatic carbocycles. The molecule has 0 unspecified atom stereocenters. The van der Waals surface area contributed by atoms with E-state index in [4.69, 9.17) is 0 Å². The van der Waals surface area contributed by atoms with E-state index in [9.17, 15) is 0 Å². The molecule has 0 N–H and O–H groups in total. The molecule has 0 aromatic heterocycles. The summed E-state index contributed by atoms with van der Waals surface area (Å²) in [7, 11) is 0. The first-order valence-electron chi connectivity index (χ1n) is 3.47. The second kappa shape index (κ2) is 5.24. The van der Waals surface area contributed by atoms with E-state index in [1.165, 1.54) is 18.4 Å². The summed E-state index contributed by atoms with van der Waals surface area (Å²) in [5, 5.41) is 0. The molecule has 10 heavy (non-hydrogen) atoms. The molecule has 0 radical (unpaired) electrons. The summed E-state index contributed by atoms with van der Waals surface area (Å²) >= 11 is 0. The molecule has 0 fully saturated rings. The standard InChI is InChI=1S/C9H12.H4Si/c1-2-6-9-7-4-3-5-8-9;/h3-5,7-8H,2,6H2,1H3;1H4. The first kappa shape index (κ1) is 9.44. The van der Waals surface area contributed by atoms with E-state index in [1.54, 1.807) is 0 Å². The van der Waals surface area contributed by atoms with Gasteiger partial charge in [-0.1, -0.05) is 43.7 Å². The van der Waals surface area contributed by atoms with E-state index in [2.05, 4.69) is 37.3 Å². The van der Waals surface area contributed by atoms with Crippen LogP contribution in [0.1, 0.15) is 18.9 Å². The van der Waals surface area contributed by atoms with Gasteiger partial charge in [0, 0.05) is 0 Å². The van der Waals surface area contributed by atoms with Crippen LogP contribution in [0.4, 0.5) is 0 Å². The molecule has 1 heteroatoms. The largest absolute Gasteiger partial charge is 0.0651 e. The molecule has 56 valence electrons. The normalized spacial score (nSPS) is 8.50. The van der Waals surface area contributed by atoms with Crippen molar-refractivity contribution in [3.05, 3.63) is 35.9 Å². The van der Waals surface area contributed by atoms with Crippen molar-refractivity contribution in [2.75, 3.05) is 0 Å². The molecule has 1 rings (SSSR count). The van der Waals surface area contributed by atoms with Crippen LogP contribution in [0.3, 0.4) is 0 Å². The number of hydrogen-bond acceptors (Lipinski definition) is 0. The molecular formula is C9H16Si. The lowest BCUT2D eigenvalue weighted by molar-refractivity contribution is 0.922. The van der Waals surface area contributed by atoms with Crippen LogP contribution in [0.15, 0.2) is 30.3 Å². The van der Waals surface area contributed by atoms with Crippen molar-refractivity contribution < 1.29 is 0 Å². The smallest absolute Gasteiger partial charge is 0.0149 e. The van der Waals surface area contributed by atoms with Crippen LogP contribution in [0, 0.1) is 0 Å². The summed E-state index contributed by atoms with van der Waals surface area (Å²) in [4.78, 5) is 0. The van der Waals surface area contributed by atoms with Gasteiger partial charge in [-0.3, -0.25) is 0 Å². The van der Waals surface area contributed by atoms with Crippen molar-refractivity contribution in [2.24, 2.45) is 0 Å². The third kappa shape index (κ3) is 2.83. The molecule has 0 atom stereocenters. The molecule has 1 aromatic rings. The summed E-state index contributed by atoms with van der Waals surface area (Å²) in [5.74, 6) is 0. The molecule has 0 saturated heterocycles. The van der Waals surface area contributed by atoms with Gasteiger partial charge in [0.2, 0.25) is 0 Å². The Morgan fingerprint density at radius 1 is 1.10 bits per heavy atom. The summed E-state index contributed by atoms with van der Waals surface area (Å²) in [5.41, 5.74) is 1.44. The van der Waals surface area contributed by atoms with Crippen molar-refractivity contribution in [3.8, 4) is 0 Å².